The number of carbonyl (C=O) groups is 1. The third-order valence-corrected chi connectivity index (χ3v) is 2.16. The van der Waals surface area contributed by atoms with Gasteiger partial charge in [-0.2, -0.15) is 0 Å². The molecule has 0 aromatic heterocycles. The summed E-state index contributed by atoms with van der Waals surface area (Å²) < 4.78 is 15.4. The molecule has 0 spiro atoms. The number of hydrogen-bond donors (Lipinski definition) is 0. The molecule has 16 heavy (non-hydrogen) atoms. The lowest BCUT2D eigenvalue weighted by molar-refractivity contribution is 0.0806. The summed E-state index contributed by atoms with van der Waals surface area (Å²) in [6.45, 7) is 4.13. The first-order valence-electron chi connectivity index (χ1n) is 4.93. The van der Waals surface area contributed by atoms with Crippen molar-refractivity contribution in [2.24, 2.45) is 0 Å². The molecule has 1 aromatic rings. The van der Waals surface area contributed by atoms with Gasteiger partial charge in [0.1, 0.15) is 6.61 Å². The van der Waals surface area contributed by atoms with Crippen molar-refractivity contribution in [3.05, 3.63) is 36.4 Å². The van der Waals surface area contributed by atoms with Crippen LogP contribution in [0.2, 0.25) is 0 Å². The standard InChI is InChI=1S/C12H12O4/c1-2-5-14-7-10(13)9-3-4-11-12(6-9)16-8-15-11/h2-4,6H,1,5,7-8H2. The molecule has 1 heterocycles. The van der Waals surface area contributed by atoms with Crippen molar-refractivity contribution >= 4 is 5.78 Å². The molecule has 1 aliphatic rings. The summed E-state index contributed by atoms with van der Waals surface area (Å²) in [5.74, 6) is 1.19. The fraction of sp³-hybridized carbons (Fsp3) is 0.250. The van der Waals surface area contributed by atoms with E-state index in [0.717, 1.165) is 0 Å². The number of ketones is 1. The van der Waals surface area contributed by atoms with Gasteiger partial charge in [0.05, 0.1) is 6.61 Å². The average Bonchev–Trinajstić information content (AvgIpc) is 2.76. The highest BCUT2D eigenvalue weighted by atomic mass is 16.7. The molecule has 0 atom stereocenters. The van der Waals surface area contributed by atoms with Gasteiger partial charge in [-0.15, -0.1) is 6.58 Å². The fourth-order valence-corrected chi connectivity index (χ4v) is 1.39. The molecule has 0 bridgehead atoms. The third-order valence-electron chi connectivity index (χ3n) is 2.16. The van der Waals surface area contributed by atoms with Crippen molar-refractivity contribution in [2.45, 2.75) is 0 Å². The van der Waals surface area contributed by atoms with Crippen LogP contribution in [-0.4, -0.2) is 25.8 Å². The van der Waals surface area contributed by atoms with E-state index >= 15 is 0 Å². The van der Waals surface area contributed by atoms with Crippen molar-refractivity contribution in [1.82, 2.24) is 0 Å². The molecule has 0 saturated carbocycles. The maximum atomic E-state index is 11.7. The van der Waals surface area contributed by atoms with E-state index < -0.39 is 0 Å². The molecule has 84 valence electrons. The molecule has 2 rings (SSSR count). The average molecular weight is 220 g/mol. The second kappa shape index (κ2) is 4.81. The largest absolute Gasteiger partial charge is 0.454 e. The van der Waals surface area contributed by atoms with Crippen LogP contribution in [-0.2, 0) is 4.74 Å². The highest BCUT2D eigenvalue weighted by Gasteiger charge is 2.15. The zero-order valence-corrected chi connectivity index (χ0v) is 8.77. The lowest BCUT2D eigenvalue weighted by Crippen LogP contribution is -2.08. The normalized spacial score (nSPS) is 12.5. The monoisotopic (exact) mass is 220 g/mol. The van der Waals surface area contributed by atoms with Gasteiger partial charge >= 0.3 is 0 Å². The first kappa shape index (κ1) is 10.7. The van der Waals surface area contributed by atoms with E-state index in [2.05, 4.69) is 6.58 Å². The number of ether oxygens (including phenoxy) is 3. The Morgan fingerprint density at radius 3 is 3.06 bits per heavy atom. The second-order valence-corrected chi connectivity index (χ2v) is 3.30. The second-order valence-electron chi connectivity index (χ2n) is 3.30. The van der Waals surface area contributed by atoms with Crippen molar-refractivity contribution in [3.63, 3.8) is 0 Å². The van der Waals surface area contributed by atoms with E-state index in [1.807, 2.05) is 0 Å². The van der Waals surface area contributed by atoms with Gasteiger partial charge in [-0.05, 0) is 18.2 Å². The lowest BCUT2D eigenvalue weighted by Gasteiger charge is -2.02. The van der Waals surface area contributed by atoms with E-state index in [-0.39, 0.29) is 19.2 Å². The fourth-order valence-electron chi connectivity index (χ4n) is 1.39. The first-order valence-corrected chi connectivity index (χ1v) is 4.93. The van der Waals surface area contributed by atoms with Gasteiger partial charge in [0, 0.05) is 5.56 Å². The number of Topliss-reactive ketones (excluding diaryl/α,β-unsaturated/α-hetero) is 1. The summed E-state index contributed by atoms with van der Waals surface area (Å²) in [7, 11) is 0. The number of rotatable bonds is 5. The molecular weight excluding hydrogens is 208 g/mol. The van der Waals surface area contributed by atoms with Gasteiger partial charge in [-0.3, -0.25) is 4.79 Å². The van der Waals surface area contributed by atoms with Gasteiger partial charge in [-0.25, -0.2) is 0 Å². The van der Waals surface area contributed by atoms with E-state index in [9.17, 15) is 4.79 Å². The Morgan fingerprint density at radius 2 is 2.25 bits per heavy atom. The summed E-state index contributed by atoms with van der Waals surface area (Å²) in [5.41, 5.74) is 0.563. The van der Waals surface area contributed by atoms with Crippen LogP contribution in [0.3, 0.4) is 0 Å². The van der Waals surface area contributed by atoms with E-state index in [1.165, 1.54) is 0 Å². The number of hydrogen-bond acceptors (Lipinski definition) is 4. The summed E-state index contributed by atoms with van der Waals surface area (Å²) in [4.78, 5) is 11.7. The molecule has 0 saturated heterocycles. The predicted octanol–water partition coefficient (Wildman–Crippen LogP) is 1.80. The quantitative estimate of drug-likeness (QED) is 0.431. The van der Waals surface area contributed by atoms with Crippen molar-refractivity contribution in [1.29, 1.82) is 0 Å². The Bertz CT molecular complexity index is 411. The Morgan fingerprint density at radius 1 is 1.44 bits per heavy atom. The topological polar surface area (TPSA) is 44.8 Å². The molecule has 1 aromatic carbocycles. The summed E-state index contributed by atoms with van der Waals surface area (Å²) in [6, 6.07) is 5.10. The summed E-state index contributed by atoms with van der Waals surface area (Å²) >= 11 is 0. The molecule has 0 fully saturated rings. The van der Waals surface area contributed by atoms with Crippen molar-refractivity contribution < 1.29 is 19.0 Å². The molecule has 4 heteroatoms. The highest BCUT2D eigenvalue weighted by Crippen LogP contribution is 2.32. The van der Waals surface area contributed by atoms with Crippen LogP contribution < -0.4 is 9.47 Å². The van der Waals surface area contributed by atoms with Crippen LogP contribution in [0.4, 0.5) is 0 Å². The maximum absolute atomic E-state index is 11.7. The third kappa shape index (κ3) is 2.23. The molecule has 0 amide bonds. The van der Waals surface area contributed by atoms with Crippen LogP contribution in [0.25, 0.3) is 0 Å². The number of benzene rings is 1. The number of carbonyl (C=O) groups excluding carboxylic acids is 1. The highest BCUT2D eigenvalue weighted by molar-refractivity contribution is 5.97. The Labute approximate surface area is 93.4 Å². The summed E-state index contributed by atoms with van der Waals surface area (Å²) in [5, 5.41) is 0. The van der Waals surface area contributed by atoms with Gasteiger partial charge in [0.25, 0.3) is 0 Å². The SMILES string of the molecule is C=CCOCC(=O)c1ccc2c(c1)OCO2. The Hall–Kier alpha value is -1.81. The van der Waals surface area contributed by atoms with Crippen LogP contribution >= 0.6 is 0 Å². The Balaban J connectivity index is 2.03. The number of fused-ring (bicyclic) bond motifs is 1. The molecule has 0 aliphatic carbocycles. The minimum absolute atomic E-state index is 0.0473. The maximum Gasteiger partial charge on any atom is 0.231 e. The summed E-state index contributed by atoms with van der Waals surface area (Å²) in [6.07, 6.45) is 1.60. The van der Waals surface area contributed by atoms with E-state index in [0.29, 0.717) is 23.7 Å². The Kier molecular flexibility index (Phi) is 3.22. The van der Waals surface area contributed by atoms with Crippen LogP contribution in [0.15, 0.2) is 30.9 Å². The molecule has 0 unspecified atom stereocenters. The van der Waals surface area contributed by atoms with Gasteiger partial charge in [0.15, 0.2) is 17.3 Å². The van der Waals surface area contributed by atoms with Crippen LogP contribution in [0, 0.1) is 0 Å². The minimum Gasteiger partial charge on any atom is -0.454 e. The molecule has 1 aliphatic heterocycles. The van der Waals surface area contributed by atoms with E-state index in [4.69, 9.17) is 14.2 Å². The molecule has 4 nitrogen and oxygen atoms in total. The van der Waals surface area contributed by atoms with E-state index in [1.54, 1.807) is 24.3 Å². The zero-order chi connectivity index (χ0) is 11.4. The molecule has 0 N–H and O–H groups in total. The van der Waals surface area contributed by atoms with Crippen LogP contribution in [0.1, 0.15) is 10.4 Å². The minimum atomic E-state index is -0.0832. The van der Waals surface area contributed by atoms with Crippen LogP contribution in [0.5, 0.6) is 11.5 Å². The molecule has 0 radical (unpaired) electrons. The smallest absolute Gasteiger partial charge is 0.231 e. The first-order chi connectivity index (χ1) is 7.81. The van der Waals surface area contributed by atoms with Gasteiger partial charge in [-0.1, -0.05) is 6.08 Å². The van der Waals surface area contributed by atoms with Crippen molar-refractivity contribution in [2.75, 3.05) is 20.0 Å². The van der Waals surface area contributed by atoms with Gasteiger partial charge < -0.3 is 14.2 Å². The van der Waals surface area contributed by atoms with Gasteiger partial charge in [0.2, 0.25) is 6.79 Å². The lowest BCUT2D eigenvalue weighted by atomic mass is 10.1. The van der Waals surface area contributed by atoms with Crippen molar-refractivity contribution in [3.8, 4) is 11.5 Å². The molecular formula is C12H12O4. The zero-order valence-electron chi connectivity index (χ0n) is 8.77. The predicted molar refractivity (Wildman–Crippen MR) is 57.9 cm³/mol.